The highest BCUT2D eigenvalue weighted by Crippen LogP contribution is 2.16. The number of nitrogens with one attached hydrogen (secondary N) is 2. The molecule has 1 aromatic rings. The van der Waals surface area contributed by atoms with Crippen molar-refractivity contribution in [3.05, 3.63) is 35.9 Å². The second kappa shape index (κ2) is 11.0. The smallest absolute Gasteiger partial charge is 0.224 e. The van der Waals surface area contributed by atoms with Crippen LogP contribution in [-0.2, 0) is 16.0 Å². The Morgan fingerprint density at radius 2 is 2.00 bits per heavy atom. The topological polar surface area (TPSA) is 61.4 Å². The SMILES string of the molecule is CNCC1CCCN(C(=O)CCNC(=O)Cc2ccccc2)C1.Cl. The van der Waals surface area contributed by atoms with E-state index in [1.165, 1.54) is 6.42 Å². The summed E-state index contributed by atoms with van der Waals surface area (Å²) in [6.07, 6.45) is 2.99. The molecule has 1 aliphatic rings. The highest BCUT2D eigenvalue weighted by Gasteiger charge is 2.22. The molecule has 6 heteroatoms. The Balaban J connectivity index is 0.00000288. The van der Waals surface area contributed by atoms with E-state index in [2.05, 4.69) is 10.6 Å². The Labute approximate surface area is 150 Å². The van der Waals surface area contributed by atoms with Gasteiger partial charge in [0.2, 0.25) is 11.8 Å². The lowest BCUT2D eigenvalue weighted by Gasteiger charge is -2.32. The molecule has 0 bridgehead atoms. The molecule has 1 saturated heterocycles. The van der Waals surface area contributed by atoms with E-state index >= 15 is 0 Å². The Kier molecular flexibility index (Phi) is 9.42. The molecule has 134 valence electrons. The third-order valence-corrected chi connectivity index (χ3v) is 4.23. The zero-order chi connectivity index (χ0) is 16.5. The molecule has 5 nitrogen and oxygen atoms in total. The van der Waals surface area contributed by atoms with Crippen molar-refractivity contribution < 1.29 is 9.59 Å². The van der Waals surface area contributed by atoms with Crippen LogP contribution in [0.3, 0.4) is 0 Å². The number of halogens is 1. The van der Waals surface area contributed by atoms with Gasteiger partial charge >= 0.3 is 0 Å². The van der Waals surface area contributed by atoms with Crippen LogP contribution in [0.15, 0.2) is 30.3 Å². The number of nitrogens with zero attached hydrogens (tertiary/aromatic N) is 1. The minimum atomic E-state index is -0.0318. The van der Waals surface area contributed by atoms with Crippen LogP contribution in [0, 0.1) is 5.92 Å². The summed E-state index contributed by atoms with van der Waals surface area (Å²) in [5, 5.41) is 6.02. The molecule has 2 amide bonds. The average Bonchev–Trinajstić information content (AvgIpc) is 2.56. The van der Waals surface area contributed by atoms with Crippen molar-refractivity contribution in [1.82, 2.24) is 15.5 Å². The first-order chi connectivity index (χ1) is 11.2. The summed E-state index contributed by atoms with van der Waals surface area (Å²) in [6, 6.07) is 9.63. The average molecular weight is 354 g/mol. The van der Waals surface area contributed by atoms with Crippen molar-refractivity contribution in [2.24, 2.45) is 5.92 Å². The van der Waals surface area contributed by atoms with E-state index in [4.69, 9.17) is 0 Å². The Morgan fingerprint density at radius 1 is 1.25 bits per heavy atom. The number of hydrogen-bond acceptors (Lipinski definition) is 3. The van der Waals surface area contributed by atoms with Crippen LogP contribution in [0.1, 0.15) is 24.8 Å². The molecule has 24 heavy (non-hydrogen) atoms. The summed E-state index contributed by atoms with van der Waals surface area (Å²) in [7, 11) is 1.95. The summed E-state index contributed by atoms with van der Waals surface area (Å²) in [4.78, 5) is 26.0. The van der Waals surface area contributed by atoms with Crippen molar-refractivity contribution in [2.75, 3.05) is 33.2 Å². The summed E-state index contributed by atoms with van der Waals surface area (Å²) in [5.74, 6) is 0.659. The van der Waals surface area contributed by atoms with Gasteiger partial charge in [-0.05, 0) is 37.9 Å². The summed E-state index contributed by atoms with van der Waals surface area (Å²) in [5.41, 5.74) is 0.988. The fourth-order valence-corrected chi connectivity index (χ4v) is 3.06. The number of carbonyl (C=O) groups excluding carboxylic acids is 2. The maximum absolute atomic E-state index is 12.2. The zero-order valence-corrected chi connectivity index (χ0v) is 15.1. The summed E-state index contributed by atoms with van der Waals surface area (Å²) < 4.78 is 0. The van der Waals surface area contributed by atoms with E-state index in [9.17, 15) is 9.59 Å². The lowest BCUT2D eigenvalue weighted by molar-refractivity contribution is -0.133. The van der Waals surface area contributed by atoms with Crippen LogP contribution in [0.4, 0.5) is 0 Å². The van der Waals surface area contributed by atoms with Crippen LogP contribution in [-0.4, -0.2) is 49.9 Å². The molecule has 1 aliphatic heterocycles. The predicted octanol–water partition coefficient (Wildman–Crippen LogP) is 1.62. The van der Waals surface area contributed by atoms with Gasteiger partial charge in [0.1, 0.15) is 0 Å². The minimum Gasteiger partial charge on any atom is -0.355 e. The lowest BCUT2D eigenvalue weighted by atomic mass is 9.98. The molecule has 1 aromatic carbocycles. The highest BCUT2D eigenvalue weighted by atomic mass is 35.5. The maximum Gasteiger partial charge on any atom is 0.224 e. The normalized spacial score (nSPS) is 17.0. The van der Waals surface area contributed by atoms with Crippen molar-refractivity contribution in [2.45, 2.75) is 25.7 Å². The quantitative estimate of drug-likeness (QED) is 0.783. The van der Waals surface area contributed by atoms with Crippen LogP contribution in [0.2, 0.25) is 0 Å². The molecule has 1 heterocycles. The van der Waals surface area contributed by atoms with Gasteiger partial charge in [-0.2, -0.15) is 0 Å². The number of benzene rings is 1. The Morgan fingerprint density at radius 3 is 2.71 bits per heavy atom. The first kappa shape index (κ1) is 20.5. The highest BCUT2D eigenvalue weighted by molar-refractivity contribution is 5.85. The third kappa shape index (κ3) is 6.89. The number of likely N-dealkylation sites (tertiary alicyclic amines) is 1. The second-order valence-corrected chi connectivity index (χ2v) is 6.17. The third-order valence-electron chi connectivity index (χ3n) is 4.23. The molecule has 0 aromatic heterocycles. The number of rotatable bonds is 7. The van der Waals surface area contributed by atoms with E-state index in [1.54, 1.807) is 0 Å². The van der Waals surface area contributed by atoms with Gasteiger partial charge in [0, 0.05) is 26.1 Å². The fourth-order valence-electron chi connectivity index (χ4n) is 3.06. The van der Waals surface area contributed by atoms with Gasteiger partial charge in [-0.15, -0.1) is 12.4 Å². The predicted molar refractivity (Wildman–Crippen MR) is 98.3 cm³/mol. The molecule has 1 unspecified atom stereocenters. The zero-order valence-electron chi connectivity index (χ0n) is 14.3. The fraction of sp³-hybridized carbons (Fsp3) is 0.556. The standard InChI is InChI=1S/C18H27N3O2.ClH/c1-19-13-16-8-5-11-21(14-16)18(23)9-10-20-17(22)12-15-6-3-2-4-7-15;/h2-4,6-7,16,19H,5,8-14H2,1H3,(H,20,22);1H. The van der Waals surface area contributed by atoms with Crippen LogP contribution in [0.25, 0.3) is 0 Å². The molecule has 2 N–H and O–H groups in total. The van der Waals surface area contributed by atoms with E-state index in [1.807, 2.05) is 42.3 Å². The van der Waals surface area contributed by atoms with Gasteiger partial charge in [0.05, 0.1) is 6.42 Å². The number of piperidine rings is 1. The van der Waals surface area contributed by atoms with Gasteiger partial charge in [-0.25, -0.2) is 0 Å². The second-order valence-electron chi connectivity index (χ2n) is 6.17. The molecular weight excluding hydrogens is 326 g/mol. The van der Waals surface area contributed by atoms with Crippen molar-refractivity contribution in [3.63, 3.8) is 0 Å². The molecule has 1 fully saturated rings. The maximum atomic E-state index is 12.2. The van der Waals surface area contributed by atoms with Crippen LogP contribution < -0.4 is 10.6 Å². The van der Waals surface area contributed by atoms with Crippen molar-refractivity contribution >= 4 is 24.2 Å². The molecule has 1 atom stereocenters. The molecule has 0 spiro atoms. The molecule has 0 radical (unpaired) electrons. The number of carbonyl (C=O) groups is 2. The van der Waals surface area contributed by atoms with Gasteiger partial charge in [-0.3, -0.25) is 9.59 Å². The molecule has 0 aliphatic carbocycles. The first-order valence-corrected chi connectivity index (χ1v) is 8.42. The number of hydrogen-bond donors (Lipinski definition) is 2. The number of amides is 2. The monoisotopic (exact) mass is 353 g/mol. The van der Waals surface area contributed by atoms with E-state index in [-0.39, 0.29) is 24.2 Å². The largest absolute Gasteiger partial charge is 0.355 e. The Bertz CT molecular complexity index is 508. The van der Waals surface area contributed by atoms with Crippen molar-refractivity contribution in [3.8, 4) is 0 Å². The van der Waals surface area contributed by atoms with Crippen LogP contribution >= 0.6 is 12.4 Å². The first-order valence-electron chi connectivity index (χ1n) is 8.42. The van der Waals surface area contributed by atoms with Gasteiger partial charge in [0.25, 0.3) is 0 Å². The Hall–Kier alpha value is -1.59. The van der Waals surface area contributed by atoms with Crippen molar-refractivity contribution in [1.29, 1.82) is 0 Å². The summed E-state index contributed by atoms with van der Waals surface area (Å²) in [6.45, 7) is 3.05. The van der Waals surface area contributed by atoms with E-state index in [0.29, 0.717) is 25.3 Å². The lowest BCUT2D eigenvalue weighted by Crippen LogP contribution is -2.43. The molecule has 0 saturated carbocycles. The van der Waals surface area contributed by atoms with E-state index < -0.39 is 0 Å². The van der Waals surface area contributed by atoms with Gasteiger partial charge < -0.3 is 15.5 Å². The van der Waals surface area contributed by atoms with Crippen LogP contribution in [0.5, 0.6) is 0 Å². The van der Waals surface area contributed by atoms with E-state index in [0.717, 1.165) is 31.6 Å². The molecule has 2 rings (SSSR count). The van der Waals surface area contributed by atoms with Gasteiger partial charge in [-0.1, -0.05) is 30.3 Å². The summed E-state index contributed by atoms with van der Waals surface area (Å²) >= 11 is 0. The van der Waals surface area contributed by atoms with Gasteiger partial charge in [0.15, 0.2) is 0 Å². The molecular formula is C18H28ClN3O2. The minimum absolute atomic E-state index is 0.